The minimum atomic E-state index is -3.59. The maximum atomic E-state index is 12.8. The maximum absolute atomic E-state index is 12.8. The van der Waals surface area contributed by atoms with Gasteiger partial charge in [-0.15, -0.1) is 0 Å². The van der Waals surface area contributed by atoms with Crippen LogP contribution >= 0.6 is 0 Å². The van der Waals surface area contributed by atoms with Crippen LogP contribution in [0.25, 0.3) is 10.9 Å². The fourth-order valence-corrected chi connectivity index (χ4v) is 5.54. The molecule has 4 rings (SSSR count). The van der Waals surface area contributed by atoms with E-state index in [2.05, 4.69) is 20.6 Å². The first-order chi connectivity index (χ1) is 18.2. The Morgan fingerprint density at radius 1 is 0.816 bits per heavy atom. The standard InChI is InChI=1S/C27H30N4O5S2/c1-37(32,33)18-16-28-15-5-6-17-36-22-11-14-26-25(19-22)27(30-20-29-26)31-21-9-12-24(13-10-21)38(34,35)23-7-3-2-4-8-23/h2-4,7-14,19-20,28H,5-6,15-18H2,1H3,(H,29,30,31). The number of anilines is 2. The Labute approximate surface area is 223 Å². The lowest BCUT2D eigenvalue weighted by atomic mass is 10.2. The van der Waals surface area contributed by atoms with Gasteiger partial charge in [0.15, 0.2) is 0 Å². The fraction of sp³-hybridized carbons (Fsp3) is 0.259. The molecule has 0 aliphatic heterocycles. The molecule has 0 spiro atoms. The van der Waals surface area contributed by atoms with Crippen LogP contribution in [-0.2, 0) is 19.7 Å². The molecule has 0 amide bonds. The maximum Gasteiger partial charge on any atom is 0.206 e. The van der Waals surface area contributed by atoms with Crippen LogP contribution in [0.15, 0.2) is 88.9 Å². The summed E-state index contributed by atoms with van der Waals surface area (Å²) in [5.41, 5.74) is 1.43. The Morgan fingerprint density at radius 2 is 1.55 bits per heavy atom. The summed E-state index contributed by atoms with van der Waals surface area (Å²) >= 11 is 0. The number of fused-ring (bicyclic) bond motifs is 1. The van der Waals surface area contributed by atoms with E-state index in [1.165, 1.54) is 12.6 Å². The van der Waals surface area contributed by atoms with Crippen LogP contribution in [0.1, 0.15) is 12.8 Å². The van der Waals surface area contributed by atoms with E-state index in [9.17, 15) is 16.8 Å². The molecule has 38 heavy (non-hydrogen) atoms. The summed E-state index contributed by atoms with van der Waals surface area (Å²) in [5.74, 6) is 1.40. The number of unbranched alkanes of at least 4 members (excludes halogenated alkanes) is 1. The highest BCUT2D eigenvalue weighted by molar-refractivity contribution is 7.91. The molecule has 0 saturated carbocycles. The van der Waals surface area contributed by atoms with Gasteiger partial charge < -0.3 is 15.4 Å². The van der Waals surface area contributed by atoms with Gasteiger partial charge in [-0.25, -0.2) is 26.8 Å². The largest absolute Gasteiger partial charge is 0.494 e. The Kier molecular flexibility index (Phi) is 8.93. The summed E-state index contributed by atoms with van der Waals surface area (Å²) in [5, 5.41) is 7.14. The van der Waals surface area contributed by atoms with Crippen LogP contribution in [0.3, 0.4) is 0 Å². The second kappa shape index (κ2) is 12.3. The summed E-state index contributed by atoms with van der Waals surface area (Å²) in [6, 6.07) is 20.5. The highest BCUT2D eigenvalue weighted by Gasteiger charge is 2.17. The van der Waals surface area contributed by atoms with Gasteiger partial charge in [-0.3, -0.25) is 0 Å². The third-order valence-electron chi connectivity index (χ3n) is 5.75. The first-order valence-corrected chi connectivity index (χ1v) is 15.7. The molecule has 1 aromatic heterocycles. The molecular weight excluding hydrogens is 524 g/mol. The molecule has 9 nitrogen and oxygen atoms in total. The molecular formula is C27H30N4O5S2. The van der Waals surface area contributed by atoms with Crippen LogP contribution in [0.5, 0.6) is 5.75 Å². The number of sulfone groups is 2. The zero-order chi connectivity index (χ0) is 27.0. The fourth-order valence-electron chi connectivity index (χ4n) is 3.74. The van der Waals surface area contributed by atoms with Gasteiger partial charge in [-0.1, -0.05) is 18.2 Å². The van der Waals surface area contributed by atoms with Crippen molar-refractivity contribution in [2.45, 2.75) is 22.6 Å². The number of aromatic nitrogens is 2. The number of rotatable bonds is 13. The SMILES string of the molecule is CS(=O)(=O)CCNCCCCOc1ccc2ncnc(Nc3ccc(S(=O)(=O)c4ccccc4)cc3)c2c1. The molecule has 0 aliphatic carbocycles. The summed E-state index contributed by atoms with van der Waals surface area (Å²) in [6.45, 7) is 1.70. The second-order valence-electron chi connectivity index (χ2n) is 8.80. The molecule has 0 unspecified atom stereocenters. The van der Waals surface area contributed by atoms with Crippen LogP contribution < -0.4 is 15.4 Å². The van der Waals surface area contributed by atoms with Crippen molar-refractivity contribution in [3.63, 3.8) is 0 Å². The van der Waals surface area contributed by atoms with Crippen LogP contribution in [0.2, 0.25) is 0 Å². The van der Waals surface area contributed by atoms with Gasteiger partial charge in [-0.2, -0.15) is 0 Å². The monoisotopic (exact) mass is 554 g/mol. The predicted molar refractivity (Wildman–Crippen MR) is 148 cm³/mol. The van der Waals surface area contributed by atoms with E-state index < -0.39 is 19.7 Å². The van der Waals surface area contributed by atoms with Crippen molar-refractivity contribution in [1.29, 1.82) is 0 Å². The van der Waals surface area contributed by atoms with Gasteiger partial charge in [-0.05, 0) is 74.0 Å². The van der Waals surface area contributed by atoms with E-state index in [0.29, 0.717) is 30.4 Å². The van der Waals surface area contributed by atoms with Crippen LogP contribution in [-0.4, -0.2) is 58.5 Å². The van der Waals surface area contributed by atoms with Crippen molar-refractivity contribution in [2.75, 3.05) is 37.0 Å². The van der Waals surface area contributed by atoms with E-state index in [4.69, 9.17) is 4.74 Å². The molecule has 1 heterocycles. The molecule has 0 fully saturated rings. The number of nitrogens with zero attached hydrogens (tertiary/aromatic N) is 2. The summed E-state index contributed by atoms with van der Waals surface area (Å²) in [4.78, 5) is 9.15. The van der Waals surface area contributed by atoms with Gasteiger partial charge in [0.05, 0.1) is 27.7 Å². The van der Waals surface area contributed by atoms with Crippen molar-refractivity contribution in [3.8, 4) is 5.75 Å². The number of hydrogen-bond donors (Lipinski definition) is 2. The number of benzene rings is 3. The smallest absolute Gasteiger partial charge is 0.206 e. The Morgan fingerprint density at radius 3 is 2.29 bits per heavy atom. The van der Waals surface area contributed by atoms with Crippen LogP contribution in [0, 0.1) is 0 Å². The summed E-state index contributed by atoms with van der Waals surface area (Å²) in [6.07, 6.45) is 4.38. The van der Waals surface area contributed by atoms with Crippen LogP contribution in [0.4, 0.5) is 11.5 Å². The summed E-state index contributed by atoms with van der Waals surface area (Å²) in [7, 11) is -6.54. The lowest BCUT2D eigenvalue weighted by molar-refractivity contribution is 0.306. The molecule has 0 bridgehead atoms. The predicted octanol–water partition coefficient (Wildman–Crippen LogP) is 4.00. The Hall–Kier alpha value is -3.54. The number of hydrogen-bond acceptors (Lipinski definition) is 9. The third kappa shape index (κ3) is 7.50. The van der Waals surface area contributed by atoms with E-state index in [1.807, 2.05) is 18.2 Å². The highest BCUT2D eigenvalue weighted by Crippen LogP contribution is 2.28. The van der Waals surface area contributed by atoms with Crippen molar-refractivity contribution in [1.82, 2.24) is 15.3 Å². The first-order valence-electron chi connectivity index (χ1n) is 12.2. The second-order valence-corrected chi connectivity index (χ2v) is 13.0. The minimum Gasteiger partial charge on any atom is -0.494 e. The van der Waals surface area contributed by atoms with E-state index in [1.54, 1.807) is 54.6 Å². The number of ether oxygens (including phenoxy) is 1. The zero-order valence-corrected chi connectivity index (χ0v) is 22.6. The number of nitrogens with one attached hydrogen (secondary N) is 2. The van der Waals surface area contributed by atoms with Gasteiger partial charge >= 0.3 is 0 Å². The molecule has 200 valence electrons. The van der Waals surface area contributed by atoms with E-state index in [0.717, 1.165) is 30.3 Å². The van der Waals surface area contributed by atoms with Gasteiger partial charge in [0, 0.05) is 23.9 Å². The van der Waals surface area contributed by atoms with Crippen molar-refractivity contribution in [2.24, 2.45) is 0 Å². The minimum absolute atomic E-state index is 0.135. The van der Waals surface area contributed by atoms with E-state index >= 15 is 0 Å². The normalized spacial score (nSPS) is 11.9. The molecule has 0 saturated heterocycles. The van der Waals surface area contributed by atoms with E-state index in [-0.39, 0.29) is 15.5 Å². The topological polar surface area (TPSA) is 127 Å². The lowest BCUT2D eigenvalue weighted by Crippen LogP contribution is -2.23. The Balaban J connectivity index is 1.37. The summed E-state index contributed by atoms with van der Waals surface area (Å²) < 4.78 is 53.9. The van der Waals surface area contributed by atoms with Crippen molar-refractivity contribution < 1.29 is 21.6 Å². The molecule has 4 aromatic rings. The molecule has 2 N–H and O–H groups in total. The molecule has 11 heteroatoms. The quantitative estimate of drug-likeness (QED) is 0.236. The third-order valence-corrected chi connectivity index (χ3v) is 8.49. The van der Waals surface area contributed by atoms with Crippen molar-refractivity contribution in [3.05, 3.63) is 79.1 Å². The molecule has 0 aliphatic rings. The van der Waals surface area contributed by atoms with Gasteiger partial charge in [0.2, 0.25) is 9.84 Å². The average molecular weight is 555 g/mol. The average Bonchev–Trinajstić information content (AvgIpc) is 2.90. The Bertz CT molecular complexity index is 1580. The van der Waals surface area contributed by atoms with Gasteiger partial charge in [0.1, 0.15) is 27.7 Å². The zero-order valence-electron chi connectivity index (χ0n) is 21.0. The lowest BCUT2D eigenvalue weighted by Gasteiger charge is -2.11. The molecule has 3 aromatic carbocycles. The van der Waals surface area contributed by atoms with Gasteiger partial charge in [0.25, 0.3) is 0 Å². The highest BCUT2D eigenvalue weighted by atomic mass is 32.2. The molecule has 0 atom stereocenters. The molecule has 0 radical (unpaired) electrons. The first kappa shape index (κ1) is 27.5. The van der Waals surface area contributed by atoms with Crippen molar-refractivity contribution >= 4 is 42.1 Å².